The molecule has 3 aromatic rings. The summed E-state index contributed by atoms with van der Waals surface area (Å²) in [7, 11) is 0. The van der Waals surface area contributed by atoms with E-state index in [1.165, 1.54) is 5.56 Å². The number of nitrogens with zero attached hydrogens (tertiary/aromatic N) is 1. The third-order valence-electron chi connectivity index (χ3n) is 5.77. The molecule has 150 valence electrons. The molecule has 1 aliphatic rings. The fourth-order valence-electron chi connectivity index (χ4n) is 4.24. The summed E-state index contributed by atoms with van der Waals surface area (Å²) in [6, 6.07) is 18.0. The number of hydrogen-bond donors (Lipinski definition) is 2. The van der Waals surface area contributed by atoms with E-state index < -0.39 is 0 Å². The number of carbonyl (C=O) groups excluding carboxylic acids is 1. The first-order valence-electron chi connectivity index (χ1n) is 10.3. The lowest BCUT2D eigenvalue weighted by molar-refractivity contribution is 0.0934. The van der Waals surface area contributed by atoms with E-state index in [4.69, 9.17) is 11.6 Å². The SMILES string of the molecule is CC(NC(=O)c1n[nH]c2c1CCCCC2Cc1cccc(Cl)c1)c1ccccc1. The van der Waals surface area contributed by atoms with Gasteiger partial charge in [0.05, 0.1) is 6.04 Å². The first-order chi connectivity index (χ1) is 14.1. The lowest BCUT2D eigenvalue weighted by Gasteiger charge is -2.15. The molecule has 0 saturated carbocycles. The molecule has 2 aromatic carbocycles. The highest BCUT2D eigenvalue weighted by atomic mass is 35.5. The number of hydrogen-bond acceptors (Lipinski definition) is 2. The summed E-state index contributed by atoms with van der Waals surface area (Å²) in [5.41, 5.74) is 5.03. The van der Waals surface area contributed by atoms with E-state index >= 15 is 0 Å². The van der Waals surface area contributed by atoms with Crippen molar-refractivity contribution in [3.63, 3.8) is 0 Å². The fourth-order valence-corrected chi connectivity index (χ4v) is 4.45. The van der Waals surface area contributed by atoms with Crippen molar-refractivity contribution in [2.75, 3.05) is 0 Å². The van der Waals surface area contributed by atoms with Crippen molar-refractivity contribution >= 4 is 17.5 Å². The summed E-state index contributed by atoms with van der Waals surface area (Å²) in [5.74, 6) is 0.217. The Bertz CT molecular complexity index is 983. The molecule has 2 atom stereocenters. The number of aromatic amines is 1. The van der Waals surface area contributed by atoms with Gasteiger partial charge in [-0.3, -0.25) is 9.89 Å². The van der Waals surface area contributed by atoms with Crippen LogP contribution in [0, 0.1) is 0 Å². The molecule has 0 fully saturated rings. The van der Waals surface area contributed by atoms with E-state index in [0.29, 0.717) is 11.6 Å². The van der Waals surface area contributed by atoms with E-state index in [-0.39, 0.29) is 11.9 Å². The van der Waals surface area contributed by atoms with Crippen molar-refractivity contribution in [2.24, 2.45) is 0 Å². The van der Waals surface area contributed by atoms with Crippen LogP contribution in [0.2, 0.25) is 5.02 Å². The zero-order valence-corrected chi connectivity index (χ0v) is 17.4. The highest BCUT2D eigenvalue weighted by molar-refractivity contribution is 6.30. The van der Waals surface area contributed by atoms with Gasteiger partial charge >= 0.3 is 0 Å². The van der Waals surface area contributed by atoms with Crippen LogP contribution in [-0.2, 0) is 12.8 Å². The molecular weight excluding hydrogens is 382 g/mol. The first-order valence-corrected chi connectivity index (χ1v) is 10.7. The van der Waals surface area contributed by atoms with E-state index in [1.54, 1.807) is 0 Å². The van der Waals surface area contributed by atoms with Gasteiger partial charge in [0.2, 0.25) is 0 Å². The molecule has 0 saturated heterocycles. The predicted octanol–water partition coefficient (Wildman–Crippen LogP) is 5.61. The number of carbonyl (C=O) groups is 1. The van der Waals surface area contributed by atoms with Gasteiger partial charge in [0.25, 0.3) is 5.91 Å². The molecule has 0 spiro atoms. The van der Waals surface area contributed by atoms with Crippen LogP contribution in [0.3, 0.4) is 0 Å². The minimum Gasteiger partial charge on any atom is -0.344 e. The van der Waals surface area contributed by atoms with Crippen LogP contribution in [0.5, 0.6) is 0 Å². The Balaban J connectivity index is 1.54. The smallest absolute Gasteiger partial charge is 0.272 e. The van der Waals surface area contributed by atoms with Gasteiger partial charge in [-0.1, -0.05) is 60.5 Å². The van der Waals surface area contributed by atoms with Crippen molar-refractivity contribution in [1.82, 2.24) is 15.5 Å². The van der Waals surface area contributed by atoms with Crippen LogP contribution >= 0.6 is 11.6 Å². The number of fused-ring (bicyclic) bond motifs is 1. The Hall–Kier alpha value is -2.59. The standard InChI is InChI=1S/C24H26ClN3O/c1-16(18-9-3-2-4-10-18)26-24(29)23-21-13-6-5-11-19(22(21)27-28-23)14-17-8-7-12-20(25)15-17/h2-4,7-10,12,15-16,19H,5-6,11,13-14H2,1H3,(H,26,29)(H,27,28). The Morgan fingerprint density at radius 2 is 2.03 bits per heavy atom. The maximum Gasteiger partial charge on any atom is 0.272 e. The number of nitrogens with one attached hydrogen (secondary N) is 2. The summed E-state index contributed by atoms with van der Waals surface area (Å²) in [5, 5.41) is 11.5. The Labute approximate surface area is 176 Å². The van der Waals surface area contributed by atoms with Gasteiger partial charge in [-0.15, -0.1) is 0 Å². The quantitative estimate of drug-likeness (QED) is 0.540. The van der Waals surface area contributed by atoms with E-state index in [2.05, 4.69) is 21.6 Å². The molecule has 1 amide bonds. The number of halogens is 1. The molecule has 5 heteroatoms. The molecule has 1 heterocycles. The van der Waals surface area contributed by atoms with Crippen LogP contribution in [0.1, 0.15) is 71.0 Å². The number of benzene rings is 2. The first kappa shape index (κ1) is 19.7. The molecule has 4 rings (SSSR count). The van der Waals surface area contributed by atoms with Gasteiger partial charge in [0.15, 0.2) is 5.69 Å². The fraction of sp³-hybridized carbons (Fsp3) is 0.333. The summed E-state index contributed by atoms with van der Waals surface area (Å²) < 4.78 is 0. The van der Waals surface area contributed by atoms with Crippen molar-refractivity contribution in [3.05, 3.63) is 87.7 Å². The van der Waals surface area contributed by atoms with E-state index in [1.807, 2.05) is 55.5 Å². The minimum absolute atomic E-state index is 0.0657. The number of amides is 1. The highest BCUT2D eigenvalue weighted by Crippen LogP contribution is 2.33. The molecule has 0 aliphatic heterocycles. The van der Waals surface area contributed by atoms with Gasteiger partial charge in [0, 0.05) is 22.2 Å². The summed E-state index contributed by atoms with van der Waals surface area (Å²) in [4.78, 5) is 13.0. The number of aromatic nitrogens is 2. The summed E-state index contributed by atoms with van der Waals surface area (Å²) in [6.45, 7) is 2.00. The second-order valence-corrected chi connectivity index (χ2v) is 8.28. The van der Waals surface area contributed by atoms with Crippen molar-refractivity contribution < 1.29 is 4.79 Å². The second kappa shape index (κ2) is 8.83. The lowest BCUT2D eigenvalue weighted by atomic mass is 9.91. The monoisotopic (exact) mass is 407 g/mol. The molecule has 4 nitrogen and oxygen atoms in total. The number of H-pyrrole nitrogens is 1. The maximum atomic E-state index is 13.0. The molecule has 29 heavy (non-hydrogen) atoms. The Kier molecular flexibility index (Phi) is 6.00. The third-order valence-corrected chi connectivity index (χ3v) is 6.01. The lowest BCUT2D eigenvalue weighted by Crippen LogP contribution is -2.27. The topological polar surface area (TPSA) is 57.8 Å². The summed E-state index contributed by atoms with van der Waals surface area (Å²) >= 11 is 6.17. The minimum atomic E-state index is -0.109. The highest BCUT2D eigenvalue weighted by Gasteiger charge is 2.27. The molecule has 1 aromatic heterocycles. The van der Waals surface area contributed by atoms with Gasteiger partial charge in [-0.25, -0.2) is 0 Å². The van der Waals surface area contributed by atoms with Gasteiger partial charge in [-0.2, -0.15) is 5.10 Å². The molecule has 2 N–H and O–H groups in total. The van der Waals surface area contributed by atoms with Crippen LogP contribution in [0.25, 0.3) is 0 Å². The summed E-state index contributed by atoms with van der Waals surface area (Å²) in [6.07, 6.45) is 5.10. The molecule has 0 bridgehead atoms. The predicted molar refractivity (Wildman–Crippen MR) is 116 cm³/mol. The number of rotatable bonds is 5. The normalized spacial score (nSPS) is 17.2. The van der Waals surface area contributed by atoms with Gasteiger partial charge < -0.3 is 5.32 Å². The Morgan fingerprint density at radius 1 is 1.21 bits per heavy atom. The average Bonchev–Trinajstić information content (AvgIpc) is 3.05. The molecule has 2 unspecified atom stereocenters. The second-order valence-electron chi connectivity index (χ2n) is 7.85. The zero-order chi connectivity index (χ0) is 20.2. The van der Waals surface area contributed by atoms with Crippen LogP contribution in [0.15, 0.2) is 54.6 Å². The molecule has 1 aliphatic carbocycles. The van der Waals surface area contributed by atoms with E-state index in [9.17, 15) is 4.79 Å². The molecule has 0 radical (unpaired) electrons. The Morgan fingerprint density at radius 3 is 2.83 bits per heavy atom. The van der Waals surface area contributed by atoms with Crippen LogP contribution in [-0.4, -0.2) is 16.1 Å². The van der Waals surface area contributed by atoms with Crippen molar-refractivity contribution in [2.45, 2.75) is 51.0 Å². The van der Waals surface area contributed by atoms with E-state index in [0.717, 1.165) is 53.9 Å². The molecular formula is C24H26ClN3O. The van der Waals surface area contributed by atoms with Gasteiger partial charge in [-0.05, 0) is 55.9 Å². The third kappa shape index (κ3) is 4.54. The van der Waals surface area contributed by atoms with Crippen LogP contribution in [0.4, 0.5) is 0 Å². The van der Waals surface area contributed by atoms with Gasteiger partial charge in [0.1, 0.15) is 0 Å². The maximum absolute atomic E-state index is 13.0. The van der Waals surface area contributed by atoms with Crippen LogP contribution < -0.4 is 5.32 Å². The average molecular weight is 408 g/mol. The largest absolute Gasteiger partial charge is 0.344 e. The van der Waals surface area contributed by atoms with Crippen molar-refractivity contribution in [1.29, 1.82) is 0 Å². The van der Waals surface area contributed by atoms with Crippen molar-refractivity contribution in [3.8, 4) is 0 Å². The zero-order valence-electron chi connectivity index (χ0n) is 16.6.